The van der Waals surface area contributed by atoms with Gasteiger partial charge < -0.3 is 10.6 Å². The van der Waals surface area contributed by atoms with Gasteiger partial charge in [0.05, 0.1) is 10.8 Å². The van der Waals surface area contributed by atoms with E-state index in [1.54, 1.807) is 12.1 Å². The first-order valence-electron chi connectivity index (χ1n) is 6.25. The van der Waals surface area contributed by atoms with Crippen molar-refractivity contribution in [2.75, 3.05) is 18.4 Å². The van der Waals surface area contributed by atoms with Gasteiger partial charge in [-0.25, -0.2) is 0 Å². The lowest BCUT2D eigenvalue weighted by atomic mass is 9.97. The topological polar surface area (TPSA) is 84.3 Å². The van der Waals surface area contributed by atoms with Gasteiger partial charge in [0, 0.05) is 12.6 Å². The van der Waals surface area contributed by atoms with Crippen LogP contribution in [0, 0.1) is 28.9 Å². The summed E-state index contributed by atoms with van der Waals surface area (Å²) < 4.78 is 0. The molecule has 1 heterocycles. The van der Waals surface area contributed by atoms with Crippen LogP contribution in [0.1, 0.15) is 12.5 Å². The Bertz CT molecular complexity index is 516. The summed E-state index contributed by atoms with van der Waals surface area (Å²) in [6.45, 7) is 5.24. The minimum Gasteiger partial charge on any atom is -0.320 e. The molecule has 1 aromatic rings. The third kappa shape index (κ3) is 2.90. The number of hydrogen-bond acceptors (Lipinski definition) is 4. The number of nitro benzene ring substituents is 1. The standard InChI is InChI=1S/C13H17N3O3/c1-8-3-4-12(16(18)19)11(5-8)15-13(17)10-7-14-6-9(10)2/h3-5,9-10,14H,6-7H2,1-2H3,(H,15,17). The average Bonchev–Trinajstić information content (AvgIpc) is 2.75. The van der Waals surface area contributed by atoms with Crippen molar-refractivity contribution in [1.29, 1.82) is 0 Å². The van der Waals surface area contributed by atoms with Gasteiger partial charge in [-0.2, -0.15) is 0 Å². The Labute approximate surface area is 111 Å². The number of anilines is 1. The molecule has 1 saturated heterocycles. The number of nitro groups is 1. The fraction of sp³-hybridized carbons (Fsp3) is 0.462. The molecule has 1 amide bonds. The molecule has 2 unspecified atom stereocenters. The quantitative estimate of drug-likeness (QED) is 0.642. The van der Waals surface area contributed by atoms with E-state index in [0.29, 0.717) is 6.54 Å². The highest BCUT2D eigenvalue weighted by Crippen LogP contribution is 2.27. The van der Waals surface area contributed by atoms with Crippen molar-refractivity contribution in [3.63, 3.8) is 0 Å². The van der Waals surface area contributed by atoms with Crippen molar-refractivity contribution in [2.45, 2.75) is 13.8 Å². The molecule has 2 N–H and O–H groups in total. The van der Waals surface area contributed by atoms with Gasteiger partial charge in [0.15, 0.2) is 0 Å². The van der Waals surface area contributed by atoms with E-state index < -0.39 is 4.92 Å². The molecule has 19 heavy (non-hydrogen) atoms. The van der Waals surface area contributed by atoms with Crippen LogP contribution in [0.4, 0.5) is 11.4 Å². The number of amides is 1. The first-order valence-corrected chi connectivity index (χ1v) is 6.25. The van der Waals surface area contributed by atoms with E-state index >= 15 is 0 Å². The summed E-state index contributed by atoms with van der Waals surface area (Å²) in [5, 5.41) is 16.8. The van der Waals surface area contributed by atoms with E-state index in [1.165, 1.54) is 6.07 Å². The minimum atomic E-state index is -0.481. The molecule has 1 aliphatic rings. The number of nitrogens with one attached hydrogen (secondary N) is 2. The second kappa shape index (κ2) is 5.36. The molecule has 6 nitrogen and oxygen atoms in total. The number of hydrogen-bond donors (Lipinski definition) is 2. The zero-order chi connectivity index (χ0) is 14.0. The van der Waals surface area contributed by atoms with Crippen LogP contribution >= 0.6 is 0 Å². The molecule has 0 radical (unpaired) electrons. The predicted molar refractivity (Wildman–Crippen MR) is 72.0 cm³/mol. The monoisotopic (exact) mass is 263 g/mol. The maximum atomic E-state index is 12.1. The van der Waals surface area contributed by atoms with Crippen LogP contribution in [0.25, 0.3) is 0 Å². The van der Waals surface area contributed by atoms with Crippen LogP contribution in [0.3, 0.4) is 0 Å². The molecule has 0 spiro atoms. The van der Waals surface area contributed by atoms with Gasteiger partial charge in [-0.3, -0.25) is 14.9 Å². The molecule has 0 aliphatic carbocycles. The highest BCUT2D eigenvalue weighted by molar-refractivity contribution is 5.95. The average molecular weight is 263 g/mol. The Kier molecular flexibility index (Phi) is 3.80. The van der Waals surface area contributed by atoms with E-state index in [-0.39, 0.29) is 29.1 Å². The Morgan fingerprint density at radius 2 is 2.21 bits per heavy atom. The van der Waals surface area contributed by atoms with Crippen molar-refractivity contribution in [3.8, 4) is 0 Å². The second-order valence-corrected chi connectivity index (χ2v) is 5.01. The number of nitrogens with zero attached hydrogens (tertiary/aromatic N) is 1. The van der Waals surface area contributed by atoms with E-state index in [0.717, 1.165) is 12.1 Å². The molecule has 2 rings (SSSR count). The van der Waals surface area contributed by atoms with Gasteiger partial charge in [-0.15, -0.1) is 0 Å². The Balaban J connectivity index is 2.20. The summed E-state index contributed by atoms with van der Waals surface area (Å²) in [7, 11) is 0. The van der Waals surface area contributed by atoms with Crippen LogP contribution in [-0.2, 0) is 4.79 Å². The van der Waals surface area contributed by atoms with Crippen molar-refractivity contribution >= 4 is 17.3 Å². The van der Waals surface area contributed by atoms with Crippen LogP contribution < -0.4 is 10.6 Å². The lowest BCUT2D eigenvalue weighted by Crippen LogP contribution is -2.28. The van der Waals surface area contributed by atoms with Crippen LogP contribution in [0.5, 0.6) is 0 Å². The third-order valence-corrected chi connectivity index (χ3v) is 3.46. The molecule has 0 aromatic heterocycles. The summed E-state index contributed by atoms with van der Waals surface area (Å²) in [5.74, 6) is -0.0600. The minimum absolute atomic E-state index is 0.0717. The molecule has 0 saturated carbocycles. The van der Waals surface area contributed by atoms with Crippen molar-refractivity contribution in [1.82, 2.24) is 5.32 Å². The molecule has 1 aliphatic heterocycles. The Morgan fingerprint density at radius 3 is 2.79 bits per heavy atom. The molecule has 1 aromatic carbocycles. The first-order chi connectivity index (χ1) is 8.99. The fourth-order valence-corrected chi connectivity index (χ4v) is 2.30. The third-order valence-electron chi connectivity index (χ3n) is 3.46. The van der Waals surface area contributed by atoms with Crippen molar-refractivity contribution in [2.24, 2.45) is 11.8 Å². The van der Waals surface area contributed by atoms with E-state index in [1.807, 2.05) is 13.8 Å². The van der Waals surface area contributed by atoms with Crippen LogP contribution in [-0.4, -0.2) is 23.9 Å². The molecule has 0 bridgehead atoms. The summed E-state index contributed by atoms with van der Waals surface area (Å²) in [6, 6.07) is 4.71. The van der Waals surface area contributed by atoms with Crippen molar-refractivity contribution in [3.05, 3.63) is 33.9 Å². The summed E-state index contributed by atoms with van der Waals surface area (Å²) in [6.07, 6.45) is 0. The molecule has 102 valence electrons. The van der Waals surface area contributed by atoms with Gasteiger partial charge in [0.1, 0.15) is 5.69 Å². The zero-order valence-corrected chi connectivity index (χ0v) is 11.0. The van der Waals surface area contributed by atoms with E-state index in [2.05, 4.69) is 10.6 Å². The summed E-state index contributed by atoms with van der Waals surface area (Å²) in [5.41, 5.74) is 1.07. The number of carbonyl (C=O) groups is 1. The largest absolute Gasteiger partial charge is 0.320 e. The van der Waals surface area contributed by atoms with Gasteiger partial charge >= 0.3 is 0 Å². The normalized spacial score (nSPS) is 22.2. The molecular weight excluding hydrogens is 246 g/mol. The van der Waals surface area contributed by atoms with E-state index in [4.69, 9.17) is 0 Å². The lowest BCUT2D eigenvalue weighted by molar-refractivity contribution is -0.383. The summed E-state index contributed by atoms with van der Waals surface area (Å²) in [4.78, 5) is 22.6. The predicted octanol–water partition coefficient (Wildman–Crippen LogP) is 1.70. The Hall–Kier alpha value is -1.95. The smallest absolute Gasteiger partial charge is 0.292 e. The number of aryl methyl sites for hydroxylation is 1. The van der Waals surface area contributed by atoms with Gasteiger partial charge in [0.2, 0.25) is 5.91 Å². The summed E-state index contributed by atoms with van der Waals surface area (Å²) >= 11 is 0. The second-order valence-electron chi connectivity index (χ2n) is 5.01. The number of rotatable bonds is 3. The van der Waals surface area contributed by atoms with E-state index in [9.17, 15) is 14.9 Å². The molecule has 6 heteroatoms. The maximum absolute atomic E-state index is 12.1. The first kappa shape index (κ1) is 13.5. The SMILES string of the molecule is Cc1ccc([N+](=O)[O-])c(NC(=O)C2CNCC2C)c1. The highest BCUT2D eigenvalue weighted by atomic mass is 16.6. The van der Waals surface area contributed by atoms with Gasteiger partial charge in [-0.05, 0) is 31.0 Å². The van der Waals surface area contributed by atoms with Gasteiger partial charge in [0.25, 0.3) is 5.69 Å². The van der Waals surface area contributed by atoms with Crippen LogP contribution in [0.15, 0.2) is 18.2 Å². The number of benzene rings is 1. The fourth-order valence-electron chi connectivity index (χ4n) is 2.30. The van der Waals surface area contributed by atoms with Gasteiger partial charge in [-0.1, -0.05) is 13.0 Å². The zero-order valence-electron chi connectivity index (χ0n) is 11.0. The molecule has 2 atom stereocenters. The molecule has 1 fully saturated rings. The number of carbonyl (C=O) groups excluding carboxylic acids is 1. The Morgan fingerprint density at radius 1 is 1.47 bits per heavy atom. The highest BCUT2D eigenvalue weighted by Gasteiger charge is 2.30. The lowest BCUT2D eigenvalue weighted by Gasteiger charge is -2.14. The van der Waals surface area contributed by atoms with Crippen molar-refractivity contribution < 1.29 is 9.72 Å². The van der Waals surface area contributed by atoms with Crippen LogP contribution in [0.2, 0.25) is 0 Å². The molecular formula is C13H17N3O3. The maximum Gasteiger partial charge on any atom is 0.292 e.